The van der Waals surface area contributed by atoms with Crippen molar-refractivity contribution in [2.24, 2.45) is 0 Å². The number of amides is 2. The molecule has 1 aliphatic heterocycles. The molecule has 6 heteroatoms. The van der Waals surface area contributed by atoms with Crippen molar-refractivity contribution >= 4 is 28.9 Å². The van der Waals surface area contributed by atoms with Crippen molar-refractivity contribution in [2.75, 3.05) is 19.6 Å². The third-order valence-electron chi connectivity index (χ3n) is 3.04. The second-order valence-electron chi connectivity index (χ2n) is 4.40. The number of rotatable bonds is 4. The van der Waals surface area contributed by atoms with Crippen LogP contribution in [0.1, 0.15) is 28.9 Å². The van der Waals surface area contributed by atoms with Crippen LogP contribution in [0.2, 0.25) is 0 Å². The molecule has 0 saturated carbocycles. The Bertz CT molecular complexity index is 460. The molecule has 5 nitrogen and oxygen atoms in total. The molecule has 0 aliphatic carbocycles. The lowest BCUT2D eigenvalue weighted by Crippen LogP contribution is -2.40. The summed E-state index contributed by atoms with van der Waals surface area (Å²) in [6, 6.07) is 3.56. The number of piperidine rings is 1. The summed E-state index contributed by atoms with van der Waals surface area (Å²) >= 11 is 1.37. The Morgan fingerprint density at radius 1 is 1.32 bits per heavy atom. The lowest BCUT2D eigenvalue weighted by Gasteiger charge is -2.26. The number of carbonyl (C=O) groups excluding carboxylic acids is 3. The number of nitrogens with zero attached hydrogens (tertiary/aromatic N) is 1. The highest BCUT2D eigenvalue weighted by Crippen LogP contribution is 2.09. The number of hydrogen-bond donors (Lipinski definition) is 1. The first-order chi connectivity index (χ1) is 9.16. The maximum Gasteiger partial charge on any atom is 0.261 e. The fourth-order valence-corrected chi connectivity index (χ4v) is 2.58. The monoisotopic (exact) mass is 280 g/mol. The highest BCUT2D eigenvalue weighted by molar-refractivity contribution is 7.12. The molecule has 2 rings (SSSR count). The summed E-state index contributed by atoms with van der Waals surface area (Å²) in [6.45, 7) is 1.35. The third-order valence-corrected chi connectivity index (χ3v) is 3.91. The van der Waals surface area contributed by atoms with E-state index in [0.29, 0.717) is 37.4 Å². The first-order valence-electron chi connectivity index (χ1n) is 6.28. The number of likely N-dealkylation sites (tertiary alicyclic amines) is 1. The molecule has 0 aromatic carbocycles. The number of Topliss-reactive ketones (excluding diaryl/α,β-unsaturated/α-hetero) is 1. The lowest BCUT2D eigenvalue weighted by atomic mass is 10.1. The van der Waals surface area contributed by atoms with Gasteiger partial charge in [0.25, 0.3) is 5.91 Å². The maximum absolute atomic E-state index is 11.8. The lowest BCUT2D eigenvalue weighted by molar-refractivity contribution is -0.134. The molecule has 0 bridgehead atoms. The molecule has 1 aliphatic rings. The zero-order valence-electron chi connectivity index (χ0n) is 10.6. The van der Waals surface area contributed by atoms with E-state index in [1.165, 1.54) is 11.3 Å². The molecule has 1 aromatic heterocycles. The Morgan fingerprint density at radius 3 is 2.68 bits per heavy atom. The van der Waals surface area contributed by atoms with Crippen LogP contribution in [0.5, 0.6) is 0 Å². The van der Waals surface area contributed by atoms with Crippen molar-refractivity contribution in [1.82, 2.24) is 10.2 Å². The first-order valence-corrected chi connectivity index (χ1v) is 7.16. The Balaban J connectivity index is 1.69. The highest BCUT2D eigenvalue weighted by atomic mass is 32.1. The van der Waals surface area contributed by atoms with Gasteiger partial charge in [-0.1, -0.05) is 6.07 Å². The van der Waals surface area contributed by atoms with Gasteiger partial charge in [0.05, 0.1) is 4.88 Å². The van der Waals surface area contributed by atoms with Gasteiger partial charge in [-0.25, -0.2) is 0 Å². The van der Waals surface area contributed by atoms with Gasteiger partial charge in [0, 0.05) is 38.9 Å². The summed E-state index contributed by atoms with van der Waals surface area (Å²) in [6.07, 6.45) is 1.19. The third kappa shape index (κ3) is 3.89. The smallest absolute Gasteiger partial charge is 0.261 e. The molecular weight excluding hydrogens is 264 g/mol. The van der Waals surface area contributed by atoms with Crippen LogP contribution in [0.4, 0.5) is 0 Å². The predicted octanol–water partition coefficient (Wildman–Crippen LogP) is 1.06. The summed E-state index contributed by atoms with van der Waals surface area (Å²) in [4.78, 5) is 36.9. The van der Waals surface area contributed by atoms with Crippen LogP contribution in [0.25, 0.3) is 0 Å². The molecule has 0 radical (unpaired) electrons. The molecule has 2 amide bonds. The van der Waals surface area contributed by atoms with Crippen molar-refractivity contribution in [1.29, 1.82) is 0 Å². The molecule has 1 fully saturated rings. The molecule has 19 heavy (non-hydrogen) atoms. The van der Waals surface area contributed by atoms with E-state index < -0.39 is 0 Å². The average Bonchev–Trinajstić information content (AvgIpc) is 2.93. The molecular formula is C13H16N2O3S. The van der Waals surface area contributed by atoms with Gasteiger partial charge >= 0.3 is 0 Å². The summed E-state index contributed by atoms with van der Waals surface area (Å²) in [5.74, 6) is 0.0747. The summed E-state index contributed by atoms with van der Waals surface area (Å²) < 4.78 is 0. The zero-order valence-corrected chi connectivity index (χ0v) is 11.4. The van der Waals surface area contributed by atoms with Gasteiger partial charge in [0.2, 0.25) is 5.91 Å². The van der Waals surface area contributed by atoms with E-state index in [0.717, 1.165) is 0 Å². The van der Waals surface area contributed by atoms with E-state index in [1.54, 1.807) is 11.0 Å². The number of hydrogen-bond acceptors (Lipinski definition) is 4. The van der Waals surface area contributed by atoms with Gasteiger partial charge in [-0.05, 0) is 11.4 Å². The van der Waals surface area contributed by atoms with Gasteiger partial charge in [-0.2, -0.15) is 0 Å². The number of thiophene rings is 1. The number of ketones is 1. The average molecular weight is 280 g/mol. The molecule has 1 N–H and O–H groups in total. The van der Waals surface area contributed by atoms with Crippen molar-refractivity contribution in [3.8, 4) is 0 Å². The topological polar surface area (TPSA) is 66.5 Å². The van der Waals surface area contributed by atoms with Gasteiger partial charge in [0.1, 0.15) is 5.78 Å². The Hall–Kier alpha value is -1.69. The van der Waals surface area contributed by atoms with Crippen molar-refractivity contribution in [2.45, 2.75) is 19.3 Å². The first kappa shape index (κ1) is 13.7. The van der Waals surface area contributed by atoms with Crippen LogP contribution in [0.3, 0.4) is 0 Å². The van der Waals surface area contributed by atoms with Crippen molar-refractivity contribution in [3.05, 3.63) is 22.4 Å². The fraction of sp³-hybridized carbons (Fsp3) is 0.462. The van der Waals surface area contributed by atoms with E-state index in [4.69, 9.17) is 0 Å². The minimum Gasteiger partial charge on any atom is -0.351 e. The van der Waals surface area contributed by atoms with Gasteiger partial charge in [-0.15, -0.1) is 11.3 Å². The van der Waals surface area contributed by atoms with Crippen LogP contribution < -0.4 is 5.32 Å². The molecule has 102 valence electrons. The highest BCUT2D eigenvalue weighted by Gasteiger charge is 2.20. The van der Waals surface area contributed by atoms with Crippen LogP contribution in [0, 0.1) is 0 Å². The zero-order chi connectivity index (χ0) is 13.7. The molecule has 0 atom stereocenters. The number of nitrogens with one attached hydrogen (secondary N) is 1. The Morgan fingerprint density at radius 2 is 2.05 bits per heavy atom. The normalized spacial score (nSPS) is 15.4. The van der Waals surface area contributed by atoms with Crippen LogP contribution >= 0.6 is 11.3 Å². The molecule has 1 aromatic rings. The minimum absolute atomic E-state index is 0.000945. The van der Waals surface area contributed by atoms with E-state index in [9.17, 15) is 14.4 Å². The standard InChI is InChI=1S/C13H16N2O3S/c16-10-4-7-15(8-5-10)12(17)3-6-14-13(18)11-2-1-9-19-11/h1-2,9H,3-8H2,(H,14,18). The molecule has 0 unspecified atom stereocenters. The second-order valence-corrected chi connectivity index (χ2v) is 5.35. The van der Waals surface area contributed by atoms with Gasteiger partial charge < -0.3 is 10.2 Å². The molecule has 1 saturated heterocycles. The van der Waals surface area contributed by atoms with E-state index in [2.05, 4.69) is 5.32 Å². The van der Waals surface area contributed by atoms with E-state index in [1.807, 2.05) is 11.4 Å². The SMILES string of the molecule is O=C1CCN(C(=O)CCNC(=O)c2cccs2)CC1. The van der Waals surface area contributed by atoms with Crippen LogP contribution in [0.15, 0.2) is 17.5 Å². The largest absolute Gasteiger partial charge is 0.351 e. The summed E-state index contributed by atoms with van der Waals surface area (Å²) in [7, 11) is 0. The second kappa shape index (κ2) is 6.47. The van der Waals surface area contributed by atoms with Crippen molar-refractivity contribution in [3.63, 3.8) is 0 Å². The van der Waals surface area contributed by atoms with Gasteiger partial charge in [0.15, 0.2) is 0 Å². The maximum atomic E-state index is 11.8. The minimum atomic E-state index is -0.142. The Labute approximate surface area is 115 Å². The number of carbonyl (C=O) groups is 3. The summed E-state index contributed by atoms with van der Waals surface area (Å²) in [5, 5.41) is 4.56. The summed E-state index contributed by atoms with van der Waals surface area (Å²) in [5.41, 5.74) is 0. The fourth-order valence-electron chi connectivity index (χ4n) is 1.94. The Kier molecular flexibility index (Phi) is 4.68. The molecule has 0 spiro atoms. The molecule has 2 heterocycles. The van der Waals surface area contributed by atoms with Crippen LogP contribution in [-0.4, -0.2) is 42.1 Å². The van der Waals surface area contributed by atoms with Crippen LogP contribution in [-0.2, 0) is 9.59 Å². The van der Waals surface area contributed by atoms with E-state index in [-0.39, 0.29) is 24.0 Å². The van der Waals surface area contributed by atoms with Gasteiger partial charge in [-0.3, -0.25) is 14.4 Å². The quantitative estimate of drug-likeness (QED) is 0.897. The predicted molar refractivity (Wildman–Crippen MR) is 72.1 cm³/mol. The van der Waals surface area contributed by atoms with E-state index >= 15 is 0 Å². The van der Waals surface area contributed by atoms with Crippen molar-refractivity contribution < 1.29 is 14.4 Å².